The second-order valence-electron chi connectivity index (χ2n) is 10.8. The number of thiocarbonyl (C=S) groups is 1. The van der Waals surface area contributed by atoms with Gasteiger partial charge in [0, 0.05) is 49.8 Å². The van der Waals surface area contributed by atoms with Crippen LogP contribution >= 0.6 is 12.2 Å². The third-order valence-corrected chi connectivity index (χ3v) is 6.99. The van der Waals surface area contributed by atoms with Gasteiger partial charge in [0.15, 0.2) is 5.11 Å². The van der Waals surface area contributed by atoms with Crippen LogP contribution in [0.4, 0.5) is 0 Å². The molecule has 0 unspecified atom stereocenters. The van der Waals surface area contributed by atoms with Gasteiger partial charge in [-0.3, -0.25) is 4.90 Å². The van der Waals surface area contributed by atoms with E-state index in [1.54, 1.807) is 0 Å². The monoisotopic (exact) mass is 460 g/mol. The van der Waals surface area contributed by atoms with Gasteiger partial charge in [0.1, 0.15) is 0 Å². The van der Waals surface area contributed by atoms with E-state index in [9.17, 15) is 0 Å². The minimum absolute atomic E-state index is 0.103. The summed E-state index contributed by atoms with van der Waals surface area (Å²) in [5.74, 6) is 0. The van der Waals surface area contributed by atoms with E-state index in [2.05, 4.69) is 79.3 Å². The van der Waals surface area contributed by atoms with Crippen LogP contribution in [0.5, 0.6) is 0 Å². The number of nitrogens with one attached hydrogen (secondary N) is 2. The highest BCUT2D eigenvalue weighted by Crippen LogP contribution is 2.28. The van der Waals surface area contributed by atoms with E-state index in [1.165, 1.54) is 11.1 Å². The standard InChI is InChI=1S/C26H44N4OS/c1-6-21-8-10-22(11-9-21)20-30(13-7-12-29-14-16-31-17-15-29)24(32)27-23-18-25(2,3)28-26(4,5)19-23/h8-11,23,28H,6-7,12-20H2,1-5H3,(H,27,32). The van der Waals surface area contributed by atoms with Crippen molar-refractivity contribution >= 4 is 17.3 Å². The second kappa shape index (κ2) is 11.3. The van der Waals surface area contributed by atoms with Gasteiger partial charge in [0.25, 0.3) is 0 Å². The topological polar surface area (TPSA) is 39.8 Å². The summed E-state index contributed by atoms with van der Waals surface area (Å²) in [5.41, 5.74) is 2.91. The number of benzene rings is 1. The molecule has 180 valence electrons. The first kappa shape index (κ1) is 25.4. The van der Waals surface area contributed by atoms with Crippen molar-refractivity contribution in [2.75, 3.05) is 39.4 Å². The number of aryl methyl sites for hydroxylation is 1. The summed E-state index contributed by atoms with van der Waals surface area (Å²) in [5, 5.41) is 8.41. The lowest BCUT2D eigenvalue weighted by molar-refractivity contribution is 0.0367. The molecule has 2 fully saturated rings. The molecule has 6 heteroatoms. The van der Waals surface area contributed by atoms with Crippen molar-refractivity contribution in [2.45, 2.75) is 84.0 Å². The third-order valence-electron chi connectivity index (χ3n) is 6.62. The largest absolute Gasteiger partial charge is 0.379 e. The molecule has 0 spiro atoms. The summed E-state index contributed by atoms with van der Waals surface area (Å²) in [7, 11) is 0. The molecule has 0 aromatic heterocycles. The Kier molecular flexibility index (Phi) is 8.96. The second-order valence-corrected chi connectivity index (χ2v) is 11.2. The number of morpholine rings is 1. The van der Waals surface area contributed by atoms with Crippen molar-refractivity contribution in [1.29, 1.82) is 0 Å². The van der Waals surface area contributed by atoms with Crippen LogP contribution in [0.2, 0.25) is 0 Å². The quantitative estimate of drug-likeness (QED) is 0.573. The normalized spacial score (nSPS) is 21.3. The Morgan fingerprint density at radius 1 is 1.09 bits per heavy atom. The molecule has 3 rings (SSSR count). The van der Waals surface area contributed by atoms with Gasteiger partial charge in [-0.25, -0.2) is 0 Å². The van der Waals surface area contributed by atoms with E-state index < -0.39 is 0 Å². The predicted octanol–water partition coefficient (Wildman–Crippen LogP) is 3.96. The molecule has 0 bridgehead atoms. The fourth-order valence-electron chi connectivity index (χ4n) is 5.35. The zero-order valence-corrected chi connectivity index (χ0v) is 21.7. The molecule has 0 aliphatic carbocycles. The SMILES string of the molecule is CCc1ccc(CN(CCCN2CCOCC2)C(=S)NC2CC(C)(C)NC(C)(C)C2)cc1. The Hall–Kier alpha value is -1.21. The molecular weight excluding hydrogens is 416 g/mol. The Balaban J connectivity index is 1.63. The maximum Gasteiger partial charge on any atom is 0.169 e. The summed E-state index contributed by atoms with van der Waals surface area (Å²) in [6.07, 6.45) is 4.33. The van der Waals surface area contributed by atoms with Crippen LogP contribution in [0, 0.1) is 0 Å². The average Bonchev–Trinajstić information content (AvgIpc) is 2.72. The predicted molar refractivity (Wildman–Crippen MR) is 138 cm³/mol. The minimum Gasteiger partial charge on any atom is -0.379 e. The number of hydrogen-bond acceptors (Lipinski definition) is 4. The first-order valence-electron chi connectivity index (χ1n) is 12.4. The summed E-state index contributed by atoms with van der Waals surface area (Å²) < 4.78 is 5.49. The molecule has 5 nitrogen and oxygen atoms in total. The minimum atomic E-state index is 0.103. The number of nitrogens with zero attached hydrogens (tertiary/aromatic N) is 2. The third kappa shape index (κ3) is 7.98. The van der Waals surface area contributed by atoms with E-state index in [-0.39, 0.29) is 11.1 Å². The molecule has 2 N–H and O–H groups in total. The van der Waals surface area contributed by atoms with Crippen molar-refractivity contribution < 1.29 is 4.74 Å². The Bertz CT molecular complexity index is 712. The van der Waals surface area contributed by atoms with Crippen LogP contribution in [-0.4, -0.2) is 71.4 Å². The van der Waals surface area contributed by atoms with Crippen LogP contribution < -0.4 is 10.6 Å². The summed E-state index contributed by atoms with van der Waals surface area (Å²) in [6.45, 7) is 18.1. The molecule has 1 aromatic carbocycles. The lowest BCUT2D eigenvalue weighted by atomic mass is 9.80. The van der Waals surface area contributed by atoms with Crippen molar-refractivity contribution in [3.05, 3.63) is 35.4 Å². The lowest BCUT2D eigenvalue weighted by Gasteiger charge is -2.47. The number of ether oxygens (including phenoxy) is 1. The first-order valence-corrected chi connectivity index (χ1v) is 12.8. The molecule has 0 atom stereocenters. The summed E-state index contributed by atoms with van der Waals surface area (Å²) in [6, 6.07) is 9.39. The van der Waals surface area contributed by atoms with Gasteiger partial charge < -0.3 is 20.3 Å². The molecule has 0 radical (unpaired) electrons. The number of hydrogen-bond donors (Lipinski definition) is 2. The van der Waals surface area contributed by atoms with E-state index in [4.69, 9.17) is 17.0 Å². The van der Waals surface area contributed by atoms with Crippen molar-refractivity contribution in [1.82, 2.24) is 20.4 Å². The number of piperidine rings is 1. The smallest absolute Gasteiger partial charge is 0.169 e. The van der Waals surface area contributed by atoms with E-state index in [0.29, 0.717) is 6.04 Å². The molecule has 2 aliphatic rings. The maximum atomic E-state index is 5.98. The van der Waals surface area contributed by atoms with Crippen LogP contribution in [0.1, 0.15) is 65.0 Å². The van der Waals surface area contributed by atoms with E-state index in [1.807, 2.05) is 0 Å². The van der Waals surface area contributed by atoms with Gasteiger partial charge in [-0.1, -0.05) is 31.2 Å². The zero-order chi connectivity index (χ0) is 23.2. The molecule has 0 saturated carbocycles. The highest BCUT2D eigenvalue weighted by atomic mass is 32.1. The van der Waals surface area contributed by atoms with Gasteiger partial charge in [-0.05, 0) is 76.7 Å². The fraction of sp³-hybridized carbons (Fsp3) is 0.731. The first-order chi connectivity index (χ1) is 15.2. The van der Waals surface area contributed by atoms with Gasteiger partial charge >= 0.3 is 0 Å². The van der Waals surface area contributed by atoms with Crippen molar-refractivity contribution in [2.24, 2.45) is 0 Å². The Labute approximate surface area is 201 Å². The molecule has 2 saturated heterocycles. The number of rotatable bonds is 8. The van der Waals surface area contributed by atoms with Crippen LogP contribution in [0.3, 0.4) is 0 Å². The lowest BCUT2D eigenvalue weighted by Crippen LogP contribution is -2.62. The van der Waals surface area contributed by atoms with E-state index in [0.717, 1.165) is 76.7 Å². The fourth-order valence-corrected chi connectivity index (χ4v) is 5.68. The zero-order valence-electron chi connectivity index (χ0n) is 20.9. The van der Waals surface area contributed by atoms with Gasteiger partial charge in [-0.2, -0.15) is 0 Å². The van der Waals surface area contributed by atoms with Gasteiger partial charge in [0.05, 0.1) is 13.2 Å². The highest BCUT2D eigenvalue weighted by Gasteiger charge is 2.38. The highest BCUT2D eigenvalue weighted by molar-refractivity contribution is 7.80. The van der Waals surface area contributed by atoms with E-state index >= 15 is 0 Å². The molecule has 0 amide bonds. The molecule has 2 aliphatic heterocycles. The Morgan fingerprint density at radius 3 is 2.28 bits per heavy atom. The molecule has 1 aromatic rings. The van der Waals surface area contributed by atoms with Crippen LogP contribution in [-0.2, 0) is 17.7 Å². The summed E-state index contributed by atoms with van der Waals surface area (Å²) in [4.78, 5) is 4.88. The molecule has 2 heterocycles. The van der Waals surface area contributed by atoms with Crippen LogP contribution in [0.25, 0.3) is 0 Å². The van der Waals surface area contributed by atoms with Crippen molar-refractivity contribution in [3.63, 3.8) is 0 Å². The molecule has 32 heavy (non-hydrogen) atoms. The van der Waals surface area contributed by atoms with Gasteiger partial charge in [0.2, 0.25) is 0 Å². The maximum absolute atomic E-state index is 5.98. The van der Waals surface area contributed by atoms with Crippen molar-refractivity contribution in [3.8, 4) is 0 Å². The summed E-state index contributed by atoms with van der Waals surface area (Å²) >= 11 is 5.98. The Morgan fingerprint density at radius 2 is 1.69 bits per heavy atom. The van der Waals surface area contributed by atoms with Gasteiger partial charge in [-0.15, -0.1) is 0 Å². The van der Waals surface area contributed by atoms with Crippen LogP contribution in [0.15, 0.2) is 24.3 Å². The average molecular weight is 461 g/mol. The molecular formula is C26H44N4OS.